The van der Waals surface area contributed by atoms with Crippen molar-refractivity contribution in [2.75, 3.05) is 0 Å². The number of hydrogen-bond donors (Lipinski definition) is 0. The first kappa shape index (κ1) is 12.8. The van der Waals surface area contributed by atoms with Crippen LogP contribution < -0.4 is 5.46 Å². The summed E-state index contributed by atoms with van der Waals surface area (Å²) in [6.07, 6.45) is 0. The maximum atomic E-state index is 2.16. The van der Waals surface area contributed by atoms with Gasteiger partial charge in [-0.05, 0) is 19.4 Å². The summed E-state index contributed by atoms with van der Waals surface area (Å²) in [7, 11) is 2.14. The molecule has 62 valence electrons. The fraction of sp³-hybridized carbons (Fsp3) is 0.250. The van der Waals surface area contributed by atoms with Crippen LogP contribution in [-0.4, -0.2) is 18.8 Å². The van der Waals surface area contributed by atoms with E-state index in [0.717, 1.165) is 0 Å². The van der Waals surface area contributed by atoms with Crippen molar-refractivity contribution < 1.29 is 11.0 Å². The predicted molar refractivity (Wildman–Crippen MR) is 51.3 cm³/mol. The van der Waals surface area contributed by atoms with Gasteiger partial charge in [0.05, 0.1) is 0 Å². The Labute approximate surface area is 68.3 Å². The lowest BCUT2D eigenvalue weighted by molar-refractivity contribution is 0.823. The molecule has 2 nitrogen and oxygen atoms in total. The topological polar surface area (TPSA) is 63.0 Å². The second-order valence-corrected chi connectivity index (χ2v) is 2.52. The van der Waals surface area contributed by atoms with Crippen LogP contribution >= 0.6 is 0 Å². The molecule has 3 heteroatoms. The van der Waals surface area contributed by atoms with Crippen LogP contribution in [0.1, 0.15) is 11.1 Å². The minimum Gasteiger partial charge on any atom is -0.412 e. The molecule has 0 aliphatic carbocycles. The first-order valence-electron chi connectivity index (χ1n) is 3.24. The molecule has 0 aromatic heterocycles. The van der Waals surface area contributed by atoms with E-state index in [4.69, 9.17) is 0 Å². The monoisotopic (exact) mass is 154 g/mol. The Balaban J connectivity index is 0. The molecule has 0 unspecified atom stereocenters. The highest BCUT2D eigenvalue weighted by atomic mass is 16.0. The molecule has 0 atom stereocenters. The average molecular weight is 154 g/mol. The van der Waals surface area contributed by atoms with Gasteiger partial charge in [-0.2, -0.15) is 0 Å². The zero-order chi connectivity index (χ0) is 6.85. The predicted octanol–water partition coefficient (Wildman–Crippen LogP) is -1.09. The molecular weight excluding hydrogens is 139 g/mol. The first-order valence-corrected chi connectivity index (χ1v) is 3.24. The zero-order valence-corrected chi connectivity index (χ0v) is 7.23. The van der Waals surface area contributed by atoms with Crippen LogP contribution in [0.5, 0.6) is 0 Å². The van der Waals surface area contributed by atoms with Crippen LogP contribution in [0, 0.1) is 13.8 Å². The summed E-state index contributed by atoms with van der Waals surface area (Å²) in [6.45, 7) is 4.30. The van der Waals surface area contributed by atoms with Crippen LogP contribution in [0.15, 0.2) is 18.2 Å². The van der Waals surface area contributed by atoms with E-state index in [-0.39, 0.29) is 11.0 Å². The second-order valence-electron chi connectivity index (χ2n) is 2.52. The Kier molecular flexibility index (Phi) is 5.76. The Morgan fingerprint density at radius 3 is 2.00 bits per heavy atom. The molecule has 0 aliphatic rings. The molecule has 1 aromatic carbocycles. The van der Waals surface area contributed by atoms with Gasteiger partial charge < -0.3 is 11.0 Å². The van der Waals surface area contributed by atoms with E-state index in [2.05, 4.69) is 39.9 Å². The Morgan fingerprint density at radius 1 is 1.09 bits per heavy atom. The summed E-state index contributed by atoms with van der Waals surface area (Å²) in [4.78, 5) is 0. The maximum Gasteiger partial charge on any atom is 0.139 e. The standard InChI is InChI=1S/C8H11B.2H2O/c1-6-4-3-5-8(9)7(6)2;;/h3-5H,9H2,1-2H3;2*1H2. The van der Waals surface area contributed by atoms with Crippen molar-refractivity contribution in [2.24, 2.45) is 0 Å². The lowest BCUT2D eigenvalue weighted by atomic mass is 9.89. The van der Waals surface area contributed by atoms with Crippen LogP contribution in [0.25, 0.3) is 0 Å². The molecule has 4 N–H and O–H groups in total. The van der Waals surface area contributed by atoms with E-state index in [1.807, 2.05) is 0 Å². The van der Waals surface area contributed by atoms with Gasteiger partial charge >= 0.3 is 0 Å². The number of rotatable bonds is 0. The summed E-state index contributed by atoms with van der Waals surface area (Å²) < 4.78 is 0. The third-order valence-electron chi connectivity index (χ3n) is 1.88. The molecule has 11 heavy (non-hydrogen) atoms. The summed E-state index contributed by atoms with van der Waals surface area (Å²) in [6, 6.07) is 6.38. The van der Waals surface area contributed by atoms with Gasteiger partial charge in [-0.25, -0.2) is 0 Å². The molecule has 0 saturated heterocycles. The third kappa shape index (κ3) is 2.74. The molecular formula is C8H15BO2. The number of benzene rings is 1. The van der Waals surface area contributed by atoms with Crippen LogP contribution in [0.4, 0.5) is 0 Å². The molecule has 0 aliphatic heterocycles. The normalized spacial score (nSPS) is 7.82. The number of hydrogen-bond acceptors (Lipinski definition) is 0. The molecule has 1 aromatic rings. The highest BCUT2D eigenvalue weighted by Crippen LogP contribution is 1.99. The minimum atomic E-state index is 0. The van der Waals surface area contributed by atoms with Gasteiger partial charge in [-0.15, -0.1) is 0 Å². The van der Waals surface area contributed by atoms with E-state index in [1.165, 1.54) is 16.6 Å². The van der Waals surface area contributed by atoms with Gasteiger partial charge in [0.25, 0.3) is 0 Å². The van der Waals surface area contributed by atoms with Gasteiger partial charge in [-0.1, -0.05) is 29.2 Å². The van der Waals surface area contributed by atoms with Gasteiger partial charge in [-0.3, -0.25) is 0 Å². The number of aryl methyl sites for hydroxylation is 1. The minimum absolute atomic E-state index is 0. The summed E-state index contributed by atoms with van der Waals surface area (Å²) in [5, 5.41) is 0. The van der Waals surface area contributed by atoms with Crippen molar-refractivity contribution in [3.05, 3.63) is 29.3 Å². The van der Waals surface area contributed by atoms with Crippen LogP contribution in [0.3, 0.4) is 0 Å². The van der Waals surface area contributed by atoms with E-state index < -0.39 is 0 Å². The van der Waals surface area contributed by atoms with Crippen molar-refractivity contribution in [3.8, 4) is 0 Å². The van der Waals surface area contributed by atoms with Crippen molar-refractivity contribution in [3.63, 3.8) is 0 Å². The lowest BCUT2D eigenvalue weighted by Crippen LogP contribution is -2.07. The Hall–Kier alpha value is -0.795. The Bertz CT molecular complexity index is 203. The van der Waals surface area contributed by atoms with E-state index in [1.54, 1.807) is 0 Å². The molecule has 0 heterocycles. The highest BCUT2D eigenvalue weighted by Gasteiger charge is 1.91. The summed E-state index contributed by atoms with van der Waals surface area (Å²) in [5.41, 5.74) is 4.18. The van der Waals surface area contributed by atoms with Crippen molar-refractivity contribution in [1.29, 1.82) is 0 Å². The van der Waals surface area contributed by atoms with Gasteiger partial charge in [0, 0.05) is 0 Å². The molecule has 0 bridgehead atoms. The largest absolute Gasteiger partial charge is 0.412 e. The highest BCUT2D eigenvalue weighted by molar-refractivity contribution is 6.33. The van der Waals surface area contributed by atoms with Gasteiger partial charge in [0.1, 0.15) is 7.85 Å². The molecule has 0 fully saturated rings. The van der Waals surface area contributed by atoms with Gasteiger partial charge in [0.15, 0.2) is 0 Å². The summed E-state index contributed by atoms with van der Waals surface area (Å²) in [5.74, 6) is 0. The molecule has 0 saturated carbocycles. The van der Waals surface area contributed by atoms with Crippen molar-refractivity contribution in [1.82, 2.24) is 0 Å². The fourth-order valence-electron chi connectivity index (χ4n) is 0.898. The van der Waals surface area contributed by atoms with E-state index >= 15 is 0 Å². The van der Waals surface area contributed by atoms with E-state index in [0.29, 0.717) is 0 Å². The summed E-state index contributed by atoms with van der Waals surface area (Å²) >= 11 is 0. The van der Waals surface area contributed by atoms with Gasteiger partial charge in [0.2, 0.25) is 0 Å². The lowest BCUT2D eigenvalue weighted by Gasteiger charge is -2.01. The zero-order valence-electron chi connectivity index (χ0n) is 7.23. The smallest absolute Gasteiger partial charge is 0.139 e. The molecule has 0 amide bonds. The van der Waals surface area contributed by atoms with Crippen molar-refractivity contribution in [2.45, 2.75) is 13.8 Å². The molecule has 1 rings (SSSR count). The van der Waals surface area contributed by atoms with Crippen LogP contribution in [0.2, 0.25) is 0 Å². The average Bonchev–Trinajstić information content (AvgIpc) is 1.83. The van der Waals surface area contributed by atoms with Crippen LogP contribution in [-0.2, 0) is 0 Å². The van der Waals surface area contributed by atoms with Crippen molar-refractivity contribution >= 4 is 13.3 Å². The third-order valence-corrected chi connectivity index (χ3v) is 1.88. The first-order chi connectivity index (χ1) is 4.22. The second kappa shape index (κ2) is 4.94. The maximum absolute atomic E-state index is 2.16. The quantitative estimate of drug-likeness (QED) is 0.426. The SMILES string of the molecule is Bc1cccc(C)c1C.O.O. The Morgan fingerprint density at radius 2 is 1.64 bits per heavy atom. The van der Waals surface area contributed by atoms with E-state index in [9.17, 15) is 0 Å². The molecule has 0 spiro atoms. The molecule has 0 radical (unpaired) electrons. The fourth-order valence-corrected chi connectivity index (χ4v) is 0.898.